The first-order valence-electron chi connectivity index (χ1n) is 7.91. The van der Waals surface area contributed by atoms with Crippen LogP contribution in [0.2, 0.25) is 0 Å². The van der Waals surface area contributed by atoms with Gasteiger partial charge in [-0.2, -0.15) is 0 Å². The maximum atomic E-state index is 11.8. The number of rotatable bonds is 9. The molecule has 4 nitrogen and oxygen atoms in total. The van der Waals surface area contributed by atoms with Crippen molar-refractivity contribution in [3.8, 4) is 0 Å². The van der Waals surface area contributed by atoms with E-state index in [0.29, 0.717) is 6.42 Å². The second kappa shape index (κ2) is 8.40. The number of aliphatic hydroxyl groups is 1. The molecule has 0 aliphatic carbocycles. The lowest BCUT2D eigenvalue weighted by Gasteiger charge is -2.36. The summed E-state index contributed by atoms with van der Waals surface area (Å²) in [4.78, 5) is 23.4. The van der Waals surface area contributed by atoms with E-state index in [9.17, 15) is 14.7 Å². The zero-order valence-corrected chi connectivity index (χ0v) is 12.8. The molecule has 0 spiro atoms. The summed E-state index contributed by atoms with van der Waals surface area (Å²) < 4.78 is 5.34. The van der Waals surface area contributed by atoms with Crippen LogP contribution in [0.1, 0.15) is 71.6 Å². The predicted octanol–water partition coefficient (Wildman–Crippen LogP) is 3.01. The lowest BCUT2D eigenvalue weighted by atomic mass is 9.84. The molecule has 1 aliphatic rings. The highest BCUT2D eigenvalue weighted by Crippen LogP contribution is 2.31. The van der Waals surface area contributed by atoms with E-state index in [1.54, 1.807) is 6.92 Å². The first kappa shape index (κ1) is 17.2. The molecule has 0 radical (unpaired) electrons. The molecule has 1 fully saturated rings. The highest BCUT2D eigenvalue weighted by molar-refractivity contribution is 6.01. The lowest BCUT2D eigenvalue weighted by molar-refractivity contribution is -0.182. The van der Waals surface area contributed by atoms with Crippen molar-refractivity contribution in [3.63, 3.8) is 0 Å². The van der Waals surface area contributed by atoms with Crippen LogP contribution in [0.4, 0.5) is 0 Å². The molecule has 1 N–H and O–H groups in total. The summed E-state index contributed by atoms with van der Waals surface area (Å²) in [5.41, 5.74) is -0.954. The Morgan fingerprint density at radius 1 is 1.15 bits per heavy atom. The first-order chi connectivity index (χ1) is 9.54. The molecule has 1 rings (SSSR count). The average molecular weight is 284 g/mol. The Labute approximate surface area is 121 Å². The van der Waals surface area contributed by atoms with Crippen molar-refractivity contribution in [1.29, 1.82) is 0 Å². The second-order valence-corrected chi connectivity index (χ2v) is 6.00. The van der Waals surface area contributed by atoms with Gasteiger partial charge in [-0.05, 0) is 19.8 Å². The fraction of sp³-hybridized carbons (Fsp3) is 0.875. The van der Waals surface area contributed by atoms with Crippen LogP contribution in [0.25, 0.3) is 0 Å². The minimum atomic E-state index is -0.954. The lowest BCUT2D eigenvalue weighted by Crippen LogP contribution is -2.49. The van der Waals surface area contributed by atoms with E-state index in [0.717, 1.165) is 12.8 Å². The first-order valence-corrected chi connectivity index (χ1v) is 7.91. The van der Waals surface area contributed by atoms with Crippen molar-refractivity contribution >= 4 is 11.8 Å². The Morgan fingerprint density at radius 3 is 2.30 bits per heavy atom. The highest BCUT2D eigenvalue weighted by Gasteiger charge is 2.44. The van der Waals surface area contributed by atoms with Crippen molar-refractivity contribution in [2.24, 2.45) is 5.92 Å². The van der Waals surface area contributed by atoms with Gasteiger partial charge in [0.15, 0.2) is 5.78 Å². The van der Waals surface area contributed by atoms with E-state index < -0.39 is 17.5 Å². The van der Waals surface area contributed by atoms with Gasteiger partial charge in [0.05, 0.1) is 6.61 Å². The number of ether oxygens (including phenoxy) is 1. The van der Waals surface area contributed by atoms with Crippen LogP contribution >= 0.6 is 0 Å². The number of carbonyl (C=O) groups excluding carboxylic acids is 2. The Bertz CT molecular complexity index is 306. The third-order valence-corrected chi connectivity index (χ3v) is 4.17. The van der Waals surface area contributed by atoms with Gasteiger partial charge in [-0.1, -0.05) is 45.4 Å². The number of unbranched alkanes of at least 4 members (excludes halogenated alkanes) is 6. The van der Waals surface area contributed by atoms with Gasteiger partial charge in [-0.25, -0.2) is 0 Å². The standard InChI is InChI=1S/C16H28O4/c1-3-4-5-6-7-8-9-10-16(12-17)11-14(18)13(2)15(19)20-16/h13,17H,3-12H2,1-2H3. The molecule has 1 heterocycles. The van der Waals surface area contributed by atoms with Crippen LogP contribution < -0.4 is 0 Å². The van der Waals surface area contributed by atoms with Gasteiger partial charge >= 0.3 is 5.97 Å². The third-order valence-electron chi connectivity index (χ3n) is 4.17. The van der Waals surface area contributed by atoms with Crippen LogP contribution in [0.15, 0.2) is 0 Å². The van der Waals surface area contributed by atoms with Gasteiger partial charge in [-0.3, -0.25) is 9.59 Å². The molecule has 0 aromatic heterocycles. The van der Waals surface area contributed by atoms with E-state index in [1.165, 1.54) is 32.1 Å². The van der Waals surface area contributed by atoms with Crippen molar-refractivity contribution in [2.45, 2.75) is 77.2 Å². The summed E-state index contributed by atoms with van der Waals surface area (Å²) in [6, 6.07) is 0. The van der Waals surface area contributed by atoms with Gasteiger partial charge in [0.2, 0.25) is 0 Å². The summed E-state index contributed by atoms with van der Waals surface area (Å²) in [7, 11) is 0. The zero-order chi connectivity index (χ0) is 15.0. The van der Waals surface area contributed by atoms with E-state index in [4.69, 9.17) is 4.74 Å². The Balaban J connectivity index is 2.32. The molecular formula is C16H28O4. The van der Waals surface area contributed by atoms with E-state index in [2.05, 4.69) is 6.92 Å². The topological polar surface area (TPSA) is 63.6 Å². The Hall–Kier alpha value is -0.900. The van der Waals surface area contributed by atoms with E-state index in [1.807, 2.05) is 0 Å². The van der Waals surface area contributed by atoms with Gasteiger partial charge < -0.3 is 9.84 Å². The van der Waals surface area contributed by atoms with E-state index >= 15 is 0 Å². The van der Waals surface area contributed by atoms with Crippen LogP contribution in [0, 0.1) is 5.92 Å². The number of Topliss-reactive ketones (excluding diaryl/α,β-unsaturated/α-hetero) is 1. The molecule has 4 heteroatoms. The molecule has 0 aromatic rings. The molecular weight excluding hydrogens is 256 g/mol. The molecule has 20 heavy (non-hydrogen) atoms. The second-order valence-electron chi connectivity index (χ2n) is 6.00. The van der Waals surface area contributed by atoms with Gasteiger partial charge in [0.1, 0.15) is 11.5 Å². The smallest absolute Gasteiger partial charge is 0.316 e. The molecule has 1 aliphatic heterocycles. The molecule has 0 saturated carbocycles. The number of cyclic esters (lactones) is 1. The number of carbonyl (C=O) groups is 2. The van der Waals surface area contributed by atoms with Gasteiger partial charge in [-0.15, -0.1) is 0 Å². The molecule has 116 valence electrons. The Morgan fingerprint density at radius 2 is 1.75 bits per heavy atom. The largest absolute Gasteiger partial charge is 0.456 e. The normalized spacial score (nSPS) is 26.6. The molecule has 0 bridgehead atoms. The monoisotopic (exact) mass is 284 g/mol. The molecule has 0 aromatic carbocycles. The van der Waals surface area contributed by atoms with E-state index in [-0.39, 0.29) is 18.8 Å². The summed E-state index contributed by atoms with van der Waals surface area (Å²) in [5.74, 6) is -1.28. The fourth-order valence-corrected chi connectivity index (χ4v) is 2.65. The predicted molar refractivity (Wildman–Crippen MR) is 77.3 cm³/mol. The molecule has 2 unspecified atom stereocenters. The van der Waals surface area contributed by atoms with Crippen molar-refractivity contribution < 1.29 is 19.4 Å². The molecule has 0 amide bonds. The number of aliphatic hydroxyl groups excluding tert-OH is 1. The zero-order valence-electron chi connectivity index (χ0n) is 12.8. The van der Waals surface area contributed by atoms with Crippen LogP contribution in [-0.4, -0.2) is 29.1 Å². The number of hydrogen-bond donors (Lipinski definition) is 1. The quantitative estimate of drug-likeness (QED) is 0.401. The summed E-state index contributed by atoms with van der Waals surface area (Å²) in [6.07, 6.45) is 8.89. The summed E-state index contributed by atoms with van der Waals surface area (Å²) >= 11 is 0. The maximum Gasteiger partial charge on any atom is 0.316 e. The fourth-order valence-electron chi connectivity index (χ4n) is 2.65. The van der Waals surface area contributed by atoms with Gasteiger partial charge in [0, 0.05) is 6.42 Å². The van der Waals surface area contributed by atoms with Gasteiger partial charge in [0.25, 0.3) is 0 Å². The summed E-state index contributed by atoms with van der Waals surface area (Å²) in [5, 5.41) is 9.51. The van der Waals surface area contributed by atoms with Crippen LogP contribution in [-0.2, 0) is 14.3 Å². The van der Waals surface area contributed by atoms with Crippen LogP contribution in [0.5, 0.6) is 0 Å². The minimum Gasteiger partial charge on any atom is -0.456 e. The molecule has 1 saturated heterocycles. The summed E-state index contributed by atoms with van der Waals surface area (Å²) in [6.45, 7) is 3.51. The Kier molecular flexibility index (Phi) is 7.20. The van der Waals surface area contributed by atoms with Crippen molar-refractivity contribution in [1.82, 2.24) is 0 Å². The van der Waals surface area contributed by atoms with Crippen LogP contribution in [0.3, 0.4) is 0 Å². The number of hydrogen-bond acceptors (Lipinski definition) is 4. The number of esters is 1. The average Bonchev–Trinajstić information content (AvgIpc) is 2.43. The molecule has 2 atom stereocenters. The highest BCUT2D eigenvalue weighted by atomic mass is 16.6. The maximum absolute atomic E-state index is 11.8. The minimum absolute atomic E-state index is 0.113. The SMILES string of the molecule is CCCCCCCCCC1(CO)CC(=O)C(C)C(=O)O1. The number of ketones is 1. The third kappa shape index (κ3) is 4.89. The van der Waals surface area contributed by atoms with Crippen molar-refractivity contribution in [3.05, 3.63) is 0 Å². The van der Waals surface area contributed by atoms with Crippen molar-refractivity contribution in [2.75, 3.05) is 6.61 Å².